The molecule has 0 radical (unpaired) electrons. The van der Waals surface area contributed by atoms with Crippen molar-refractivity contribution in [1.82, 2.24) is 4.90 Å². The number of carbonyl (C=O) groups is 1. The number of rotatable bonds is 6. The summed E-state index contributed by atoms with van der Waals surface area (Å²) in [5, 5.41) is 13.9. The van der Waals surface area contributed by atoms with Crippen molar-refractivity contribution in [2.75, 3.05) is 19.7 Å². The van der Waals surface area contributed by atoms with Gasteiger partial charge in [0.05, 0.1) is 11.5 Å². The van der Waals surface area contributed by atoms with Gasteiger partial charge in [0.1, 0.15) is 0 Å². The lowest BCUT2D eigenvalue weighted by atomic mass is 10.2. The van der Waals surface area contributed by atoms with Gasteiger partial charge in [0.15, 0.2) is 0 Å². The molecule has 0 bridgehead atoms. The van der Waals surface area contributed by atoms with Crippen LogP contribution in [0, 0.1) is 0 Å². The second-order valence-corrected chi connectivity index (χ2v) is 5.39. The number of hydrogen-bond donors (Lipinski definition) is 2. The largest absolute Gasteiger partial charge is 0.395 e. The van der Waals surface area contributed by atoms with Crippen LogP contribution in [0.15, 0.2) is 41.8 Å². The predicted molar refractivity (Wildman–Crippen MR) is 71.0 cm³/mol. The summed E-state index contributed by atoms with van der Waals surface area (Å²) < 4.78 is 22.2. The Morgan fingerprint density at radius 2 is 1.95 bits per heavy atom. The Kier molecular flexibility index (Phi) is 5.22. The summed E-state index contributed by atoms with van der Waals surface area (Å²) in [6, 6.07) is 5.31. The molecule has 0 fully saturated rings. The van der Waals surface area contributed by atoms with E-state index in [0.717, 1.165) is 0 Å². The van der Waals surface area contributed by atoms with E-state index in [0.29, 0.717) is 12.1 Å². The number of primary sulfonamides is 1. The molecule has 0 saturated heterocycles. The molecule has 104 valence electrons. The third kappa shape index (κ3) is 4.16. The van der Waals surface area contributed by atoms with E-state index < -0.39 is 10.0 Å². The van der Waals surface area contributed by atoms with E-state index in [9.17, 15) is 13.2 Å². The number of hydrogen-bond acceptors (Lipinski definition) is 4. The van der Waals surface area contributed by atoms with E-state index in [2.05, 4.69) is 6.58 Å². The van der Waals surface area contributed by atoms with Gasteiger partial charge in [0.25, 0.3) is 5.91 Å². The molecule has 0 aliphatic heterocycles. The van der Waals surface area contributed by atoms with Gasteiger partial charge >= 0.3 is 0 Å². The average molecular weight is 284 g/mol. The fourth-order valence-electron chi connectivity index (χ4n) is 1.52. The number of nitrogens with two attached hydrogens (primary N) is 1. The third-order valence-corrected chi connectivity index (χ3v) is 3.37. The first-order valence-corrected chi connectivity index (χ1v) is 7.08. The molecule has 1 aromatic carbocycles. The molecule has 0 aliphatic rings. The number of benzene rings is 1. The highest BCUT2D eigenvalue weighted by Crippen LogP contribution is 2.11. The van der Waals surface area contributed by atoms with Crippen molar-refractivity contribution < 1.29 is 18.3 Å². The van der Waals surface area contributed by atoms with E-state index in [-0.39, 0.29) is 24.0 Å². The Morgan fingerprint density at radius 3 is 2.37 bits per heavy atom. The molecule has 1 amide bonds. The van der Waals surface area contributed by atoms with E-state index in [4.69, 9.17) is 10.2 Å². The van der Waals surface area contributed by atoms with Crippen molar-refractivity contribution >= 4 is 15.9 Å². The number of aliphatic hydroxyl groups excluding tert-OH is 1. The minimum Gasteiger partial charge on any atom is -0.395 e. The van der Waals surface area contributed by atoms with Crippen LogP contribution in [-0.2, 0) is 10.0 Å². The lowest BCUT2D eigenvalue weighted by Crippen LogP contribution is -2.33. The molecule has 7 heteroatoms. The molecule has 0 aliphatic carbocycles. The van der Waals surface area contributed by atoms with Gasteiger partial charge in [-0.3, -0.25) is 4.79 Å². The number of aliphatic hydroxyl groups is 1. The Morgan fingerprint density at radius 1 is 1.37 bits per heavy atom. The average Bonchev–Trinajstić information content (AvgIpc) is 2.37. The van der Waals surface area contributed by atoms with Crippen LogP contribution >= 0.6 is 0 Å². The lowest BCUT2D eigenvalue weighted by Gasteiger charge is -2.20. The van der Waals surface area contributed by atoms with Crippen molar-refractivity contribution in [1.29, 1.82) is 0 Å². The first-order valence-electron chi connectivity index (χ1n) is 5.54. The van der Waals surface area contributed by atoms with Gasteiger partial charge in [-0.15, -0.1) is 6.58 Å². The van der Waals surface area contributed by atoms with Gasteiger partial charge in [-0.25, -0.2) is 13.6 Å². The summed E-state index contributed by atoms with van der Waals surface area (Å²) >= 11 is 0. The maximum atomic E-state index is 12.1. The highest BCUT2D eigenvalue weighted by atomic mass is 32.2. The Balaban J connectivity index is 2.96. The van der Waals surface area contributed by atoms with Crippen LogP contribution in [-0.4, -0.2) is 44.0 Å². The molecule has 0 atom stereocenters. The summed E-state index contributed by atoms with van der Waals surface area (Å²) in [4.78, 5) is 13.4. The first kappa shape index (κ1) is 15.4. The molecular formula is C12H16N2O4S. The Labute approximate surface area is 112 Å². The zero-order valence-electron chi connectivity index (χ0n) is 10.3. The number of sulfonamides is 1. The molecule has 0 saturated carbocycles. The molecule has 1 aromatic rings. The van der Waals surface area contributed by atoms with Gasteiger partial charge < -0.3 is 10.0 Å². The first-order chi connectivity index (χ1) is 8.90. The Hall–Kier alpha value is -1.70. The number of nitrogens with zero attached hydrogens (tertiary/aromatic N) is 1. The van der Waals surface area contributed by atoms with Crippen LogP contribution in [0.25, 0.3) is 0 Å². The highest BCUT2D eigenvalue weighted by Gasteiger charge is 2.15. The number of amides is 1. The molecule has 0 unspecified atom stereocenters. The second-order valence-electron chi connectivity index (χ2n) is 3.83. The second kappa shape index (κ2) is 6.46. The molecule has 19 heavy (non-hydrogen) atoms. The van der Waals surface area contributed by atoms with Crippen LogP contribution in [0.2, 0.25) is 0 Å². The fraction of sp³-hybridized carbons (Fsp3) is 0.250. The van der Waals surface area contributed by atoms with Crippen molar-refractivity contribution in [2.24, 2.45) is 5.14 Å². The van der Waals surface area contributed by atoms with E-state index in [1.807, 2.05) is 0 Å². The molecule has 3 N–H and O–H groups in total. The van der Waals surface area contributed by atoms with Crippen molar-refractivity contribution in [3.63, 3.8) is 0 Å². The molecule has 1 rings (SSSR count). The zero-order valence-corrected chi connectivity index (χ0v) is 11.1. The minimum absolute atomic E-state index is 0.0542. The monoisotopic (exact) mass is 284 g/mol. The standard InChI is InChI=1S/C12H16N2O4S/c1-2-7-14(8-9-15)12(16)10-3-5-11(6-4-10)19(13,17)18/h2-6,15H,1,7-9H2,(H2,13,17,18). The topological polar surface area (TPSA) is 101 Å². The third-order valence-electron chi connectivity index (χ3n) is 2.44. The molecule has 6 nitrogen and oxygen atoms in total. The predicted octanol–water partition coefficient (Wildman–Crippen LogP) is -0.0455. The SMILES string of the molecule is C=CCN(CCO)C(=O)c1ccc(S(N)(=O)=O)cc1. The summed E-state index contributed by atoms with van der Waals surface area (Å²) in [5.74, 6) is -0.310. The summed E-state index contributed by atoms with van der Waals surface area (Å²) in [7, 11) is -3.77. The quantitative estimate of drug-likeness (QED) is 0.715. The summed E-state index contributed by atoms with van der Waals surface area (Å²) in [6.07, 6.45) is 1.55. The minimum atomic E-state index is -3.77. The number of carbonyl (C=O) groups excluding carboxylic acids is 1. The zero-order chi connectivity index (χ0) is 14.5. The summed E-state index contributed by atoms with van der Waals surface area (Å²) in [5.41, 5.74) is 0.322. The van der Waals surface area contributed by atoms with Gasteiger partial charge in [-0.2, -0.15) is 0 Å². The van der Waals surface area contributed by atoms with Crippen molar-refractivity contribution in [2.45, 2.75) is 4.90 Å². The molecule has 0 heterocycles. The van der Waals surface area contributed by atoms with Gasteiger partial charge in [-0.05, 0) is 24.3 Å². The normalized spacial score (nSPS) is 11.1. The molecule has 0 aromatic heterocycles. The van der Waals surface area contributed by atoms with Gasteiger partial charge in [-0.1, -0.05) is 6.08 Å². The van der Waals surface area contributed by atoms with Crippen LogP contribution in [0.1, 0.15) is 10.4 Å². The Bertz CT molecular complexity index is 552. The maximum Gasteiger partial charge on any atom is 0.254 e. The van der Waals surface area contributed by atoms with Crippen LogP contribution < -0.4 is 5.14 Å². The molecule has 0 spiro atoms. The summed E-state index contributed by atoms with van der Waals surface area (Å²) in [6.45, 7) is 3.86. The van der Waals surface area contributed by atoms with Crippen LogP contribution in [0.4, 0.5) is 0 Å². The highest BCUT2D eigenvalue weighted by molar-refractivity contribution is 7.89. The van der Waals surface area contributed by atoms with E-state index in [1.165, 1.54) is 29.2 Å². The van der Waals surface area contributed by atoms with Crippen molar-refractivity contribution in [3.8, 4) is 0 Å². The van der Waals surface area contributed by atoms with E-state index in [1.54, 1.807) is 6.08 Å². The fourth-order valence-corrected chi connectivity index (χ4v) is 2.04. The lowest BCUT2D eigenvalue weighted by molar-refractivity contribution is 0.0743. The van der Waals surface area contributed by atoms with Crippen molar-refractivity contribution in [3.05, 3.63) is 42.5 Å². The van der Waals surface area contributed by atoms with Gasteiger partial charge in [0, 0.05) is 18.7 Å². The maximum absolute atomic E-state index is 12.1. The van der Waals surface area contributed by atoms with E-state index >= 15 is 0 Å². The van der Waals surface area contributed by atoms with Crippen LogP contribution in [0.3, 0.4) is 0 Å². The van der Waals surface area contributed by atoms with Crippen LogP contribution in [0.5, 0.6) is 0 Å². The van der Waals surface area contributed by atoms with Gasteiger partial charge in [0.2, 0.25) is 10.0 Å². The molecular weight excluding hydrogens is 268 g/mol. The smallest absolute Gasteiger partial charge is 0.254 e.